The third kappa shape index (κ3) is 4.58. The van der Waals surface area contributed by atoms with Crippen LogP contribution in [0.25, 0.3) is 0 Å². The van der Waals surface area contributed by atoms with Gasteiger partial charge in [0, 0.05) is 65.1 Å². The van der Waals surface area contributed by atoms with Crippen molar-refractivity contribution < 1.29 is 9.59 Å². The predicted molar refractivity (Wildman–Crippen MR) is 106 cm³/mol. The Morgan fingerprint density at radius 2 is 1.85 bits per heavy atom. The number of likely N-dealkylation sites (tertiary alicyclic amines) is 1. The molecule has 148 valence electrons. The van der Waals surface area contributed by atoms with Gasteiger partial charge in [0.25, 0.3) is 0 Å². The summed E-state index contributed by atoms with van der Waals surface area (Å²) < 4.78 is 0. The van der Waals surface area contributed by atoms with Crippen LogP contribution in [0.5, 0.6) is 0 Å². The lowest BCUT2D eigenvalue weighted by Crippen LogP contribution is -2.49. The second-order valence-corrected chi connectivity index (χ2v) is 7.81. The number of nitrogens with zero attached hydrogens (tertiary/aromatic N) is 5. The van der Waals surface area contributed by atoms with Crippen molar-refractivity contribution in [2.75, 3.05) is 58.3 Å². The van der Waals surface area contributed by atoms with Gasteiger partial charge in [0.05, 0.1) is 18.3 Å². The molecule has 0 N–H and O–H groups in total. The zero-order valence-electron chi connectivity index (χ0n) is 16.9. The number of hydrogen-bond donors (Lipinski definition) is 0. The molecule has 2 saturated heterocycles. The third-order valence-electron chi connectivity index (χ3n) is 5.55. The van der Waals surface area contributed by atoms with Crippen molar-refractivity contribution >= 4 is 17.5 Å². The van der Waals surface area contributed by atoms with Crippen molar-refractivity contribution in [3.05, 3.63) is 23.5 Å². The van der Waals surface area contributed by atoms with Gasteiger partial charge in [0.2, 0.25) is 11.8 Å². The maximum atomic E-state index is 11.9. The van der Waals surface area contributed by atoms with Crippen LogP contribution in [0.1, 0.15) is 37.2 Å². The first-order chi connectivity index (χ1) is 12.8. The number of piperazine rings is 1. The first kappa shape index (κ1) is 19.6. The molecule has 0 bridgehead atoms. The number of amides is 2. The first-order valence-electron chi connectivity index (χ1n) is 9.78. The van der Waals surface area contributed by atoms with E-state index in [9.17, 15) is 9.59 Å². The highest BCUT2D eigenvalue weighted by atomic mass is 16.2. The minimum absolute atomic E-state index is 0.0974. The van der Waals surface area contributed by atoms with Crippen LogP contribution in [0.3, 0.4) is 0 Å². The molecule has 1 aromatic rings. The Morgan fingerprint density at radius 3 is 2.48 bits per heavy atom. The fraction of sp³-hybridized carbons (Fsp3) is 0.650. The van der Waals surface area contributed by atoms with E-state index in [0.29, 0.717) is 6.54 Å². The van der Waals surface area contributed by atoms with E-state index in [-0.39, 0.29) is 17.9 Å². The van der Waals surface area contributed by atoms with E-state index in [1.807, 2.05) is 11.8 Å². The lowest BCUT2D eigenvalue weighted by molar-refractivity contribution is -0.130. The summed E-state index contributed by atoms with van der Waals surface area (Å²) in [5, 5.41) is 0. The summed E-state index contributed by atoms with van der Waals surface area (Å²) in [5.74, 6) is 0.276. The zero-order valence-corrected chi connectivity index (χ0v) is 16.9. The van der Waals surface area contributed by atoms with Crippen molar-refractivity contribution in [3.63, 3.8) is 0 Å². The standard InChI is InChI=1S/C20H31N5O2/c1-15-12-17(13-18(21-15)19-6-5-7-25(19)16(2)26)24-10-8-23(9-11-24)14-20(27)22(3)4/h12-13,19H,5-11,14H2,1-4H3/t19-/m1/s1. The summed E-state index contributed by atoms with van der Waals surface area (Å²) in [6.45, 7) is 8.50. The van der Waals surface area contributed by atoms with Crippen molar-refractivity contribution in [1.29, 1.82) is 0 Å². The second kappa shape index (κ2) is 8.25. The van der Waals surface area contributed by atoms with E-state index in [1.54, 1.807) is 25.9 Å². The molecule has 1 atom stereocenters. The molecule has 2 amide bonds. The molecule has 0 saturated carbocycles. The topological polar surface area (TPSA) is 60.0 Å². The lowest BCUT2D eigenvalue weighted by Gasteiger charge is -2.36. The van der Waals surface area contributed by atoms with Gasteiger partial charge in [-0.05, 0) is 31.9 Å². The van der Waals surface area contributed by atoms with E-state index < -0.39 is 0 Å². The second-order valence-electron chi connectivity index (χ2n) is 7.81. The number of aryl methyl sites for hydroxylation is 1. The summed E-state index contributed by atoms with van der Waals surface area (Å²) >= 11 is 0. The number of pyridine rings is 1. The Kier molecular flexibility index (Phi) is 5.99. The van der Waals surface area contributed by atoms with Gasteiger partial charge < -0.3 is 14.7 Å². The van der Waals surface area contributed by atoms with E-state index >= 15 is 0 Å². The molecule has 0 spiro atoms. The summed E-state index contributed by atoms with van der Waals surface area (Å²) in [7, 11) is 3.60. The van der Waals surface area contributed by atoms with Crippen LogP contribution >= 0.6 is 0 Å². The summed E-state index contributed by atoms with van der Waals surface area (Å²) in [6.07, 6.45) is 2.02. The highest BCUT2D eigenvalue weighted by molar-refractivity contribution is 5.77. The Bertz CT molecular complexity index is 698. The van der Waals surface area contributed by atoms with E-state index in [0.717, 1.165) is 57.0 Å². The Hall–Kier alpha value is -2.15. The number of rotatable bonds is 4. The molecular formula is C20H31N5O2. The van der Waals surface area contributed by atoms with Crippen molar-refractivity contribution in [2.24, 2.45) is 0 Å². The largest absolute Gasteiger partial charge is 0.369 e. The maximum absolute atomic E-state index is 11.9. The number of carbonyl (C=O) groups excluding carboxylic acids is 2. The molecule has 7 heteroatoms. The van der Waals surface area contributed by atoms with Gasteiger partial charge in [0.1, 0.15) is 0 Å². The summed E-state index contributed by atoms with van der Waals surface area (Å²) in [4.78, 5) is 36.7. The van der Waals surface area contributed by atoms with Gasteiger partial charge >= 0.3 is 0 Å². The number of carbonyl (C=O) groups is 2. The Morgan fingerprint density at radius 1 is 1.15 bits per heavy atom. The van der Waals surface area contributed by atoms with Crippen LogP contribution < -0.4 is 4.90 Å². The molecule has 7 nitrogen and oxygen atoms in total. The molecule has 0 aliphatic carbocycles. The van der Waals surface area contributed by atoms with Gasteiger partial charge in [0.15, 0.2) is 0 Å². The number of hydrogen-bond acceptors (Lipinski definition) is 5. The number of anilines is 1. The van der Waals surface area contributed by atoms with Crippen LogP contribution in [0.2, 0.25) is 0 Å². The Labute approximate surface area is 161 Å². The van der Waals surface area contributed by atoms with Crippen LogP contribution in [0, 0.1) is 6.92 Å². The Balaban J connectivity index is 1.69. The van der Waals surface area contributed by atoms with Crippen LogP contribution in [-0.4, -0.2) is 84.9 Å². The molecule has 3 rings (SSSR count). The average Bonchev–Trinajstić information content (AvgIpc) is 3.12. The third-order valence-corrected chi connectivity index (χ3v) is 5.55. The van der Waals surface area contributed by atoms with Gasteiger partial charge in [-0.2, -0.15) is 0 Å². The monoisotopic (exact) mass is 373 g/mol. The van der Waals surface area contributed by atoms with Gasteiger partial charge in [-0.25, -0.2) is 0 Å². The van der Waals surface area contributed by atoms with Crippen LogP contribution in [0.4, 0.5) is 5.69 Å². The quantitative estimate of drug-likeness (QED) is 0.796. The highest BCUT2D eigenvalue weighted by Crippen LogP contribution is 2.33. The minimum atomic E-state index is 0.0974. The fourth-order valence-corrected chi connectivity index (χ4v) is 3.98. The SMILES string of the molecule is CC(=O)N1CCC[C@@H]1c1cc(N2CCN(CC(=O)N(C)C)CC2)cc(C)n1. The molecule has 1 aromatic heterocycles. The zero-order chi connectivity index (χ0) is 19.6. The van der Waals surface area contributed by atoms with E-state index in [4.69, 9.17) is 4.98 Å². The fourth-order valence-electron chi connectivity index (χ4n) is 3.98. The smallest absolute Gasteiger partial charge is 0.236 e. The molecule has 27 heavy (non-hydrogen) atoms. The van der Waals surface area contributed by atoms with E-state index in [1.165, 1.54) is 5.69 Å². The molecule has 2 fully saturated rings. The lowest BCUT2D eigenvalue weighted by atomic mass is 10.1. The molecule has 0 unspecified atom stereocenters. The van der Waals surface area contributed by atoms with Gasteiger partial charge in [-0.15, -0.1) is 0 Å². The molecular weight excluding hydrogens is 342 g/mol. The molecule has 2 aliphatic rings. The molecule has 2 aliphatic heterocycles. The van der Waals surface area contributed by atoms with Crippen molar-refractivity contribution in [3.8, 4) is 0 Å². The van der Waals surface area contributed by atoms with E-state index in [2.05, 4.69) is 21.9 Å². The van der Waals surface area contributed by atoms with Gasteiger partial charge in [-0.3, -0.25) is 19.5 Å². The van der Waals surface area contributed by atoms with Crippen LogP contribution in [0.15, 0.2) is 12.1 Å². The van der Waals surface area contributed by atoms with Crippen LogP contribution in [-0.2, 0) is 9.59 Å². The maximum Gasteiger partial charge on any atom is 0.236 e. The number of aromatic nitrogens is 1. The normalized spacial score (nSPS) is 20.8. The van der Waals surface area contributed by atoms with Gasteiger partial charge in [-0.1, -0.05) is 0 Å². The highest BCUT2D eigenvalue weighted by Gasteiger charge is 2.30. The minimum Gasteiger partial charge on any atom is -0.369 e. The molecule has 0 aromatic carbocycles. The predicted octanol–water partition coefficient (Wildman–Crippen LogP) is 1.28. The molecule has 3 heterocycles. The summed E-state index contributed by atoms with van der Waals surface area (Å²) in [6, 6.07) is 4.37. The number of likely N-dealkylation sites (N-methyl/N-ethyl adjacent to an activating group) is 1. The average molecular weight is 374 g/mol. The molecule has 0 radical (unpaired) electrons. The van der Waals surface area contributed by atoms with Crippen molar-refractivity contribution in [2.45, 2.75) is 32.7 Å². The first-order valence-corrected chi connectivity index (χ1v) is 9.78. The van der Waals surface area contributed by atoms with Crippen molar-refractivity contribution in [1.82, 2.24) is 19.7 Å². The summed E-state index contributed by atoms with van der Waals surface area (Å²) in [5.41, 5.74) is 3.16.